The van der Waals surface area contributed by atoms with E-state index in [2.05, 4.69) is 33.8 Å². The monoisotopic (exact) mass is 993 g/mol. The predicted octanol–water partition coefficient (Wildman–Crippen LogP) is 8.47. The number of hydrogen-bond donors (Lipinski definition) is 8. The molecule has 2 fully saturated rings. The van der Waals surface area contributed by atoms with Crippen molar-refractivity contribution in [3.8, 4) is 22.3 Å². The molecule has 9 N–H and O–H groups in total. The van der Waals surface area contributed by atoms with Crippen LogP contribution in [0, 0.1) is 22.7 Å². The van der Waals surface area contributed by atoms with E-state index >= 15 is 0 Å². The maximum absolute atomic E-state index is 13.5. The molecule has 0 spiro atoms. The van der Waals surface area contributed by atoms with Crippen LogP contribution >= 0.6 is 0 Å². The van der Waals surface area contributed by atoms with Crippen molar-refractivity contribution in [1.82, 2.24) is 20.6 Å². The molecule has 4 aromatic carbocycles. The van der Waals surface area contributed by atoms with Gasteiger partial charge in [-0.3, -0.25) is 24.6 Å². The van der Waals surface area contributed by atoms with Gasteiger partial charge in [0.25, 0.3) is 11.8 Å². The van der Waals surface area contributed by atoms with Crippen LogP contribution in [0.4, 0.5) is 0 Å². The quantitative estimate of drug-likeness (QED) is 0.0191. The molecule has 6 aromatic rings. The zero-order chi connectivity index (χ0) is 53.2. The molecule has 2 heterocycles. The molecule has 0 bridgehead atoms. The summed E-state index contributed by atoms with van der Waals surface area (Å²) in [6.45, 7) is 9.94. The average Bonchev–Trinajstić information content (AvgIpc) is 4.36. The number of nitrogen functional groups attached to an aromatic ring is 1. The number of aromatic nitrogens is 2. The molecule has 2 aliphatic carbocycles. The van der Waals surface area contributed by atoms with E-state index in [9.17, 15) is 44.1 Å². The lowest BCUT2D eigenvalue weighted by Crippen LogP contribution is -2.27. The summed E-state index contributed by atoms with van der Waals surface area (Å²) < 4.78 is 0. The van der Waals surface area contributed by atoms with Crippen LogP contribution in [0.2, 0.25) is 0 Å². The Balaban J connectivity index is 0.000000217. The van der Waals surface area contributed by atoms with Crippen molar-refractivity contribution in [1.29, 1.82) is 10.8 Å². The average molecular weight is 994 g/mol. The fraction of sp³-hybridized carbons (Fsp3) is 0.207. The van der Waals surface area contributed by atoms with Crippen LogP contribution in [0.25, 0.3) is 34.4 Å². The molecule has 74 heavy (non-hydrogen) atoms. The van der Waals surface area contributed by atoms with Gasteiger partial charge in [-0.15, -0.1) is 0 Å². The van der Waals surface area contributed by atoms with E-state index in [1.54, 1.807) is 79.7 Å². The Labute approximate surface area is 427 Å². The summed E-state index contributed by atoms with van der Waals surface area (Å²) in [5, 5.41) is 50.6. The molecule has 0 unspecified atom stereocenters. The summed E-state index contributed by atoms with van der Waals surface area (Å²) in [5.41, 5.74) is 11.4. The molecule has 376 valence electrons. The normalized spacial score (nSPS) is 12.6. The summed E-state index contributed by atoms with van der Waals surface area (Å²) in [6.07, 6.45) is 7.49. The van der Waals surface area contributed by atoms with Gasteiger partial charge in [0.1, 0.15) is 17.2 Å². The molecular weight excluding hydrogens is 939 g/mol. The van der Waals surface area contributed by atoms with Gasteiger partial charge in [-0.1, -0.05) is 86.0 Å². The second-order valence-electron chi connectivity index (χ2n) is 18.2. The number of nitrogens with zero attached hydrogens (tertiary/aromatic N) is 2. The van der Waals surface area contributed by atoms with Crippen molar-refractivity contribution in [3.63, 3.8) is 0 Å². The van der Waals surface area contributed by atoms with E-state index in [4.69, 9.17) is 16.6 Å². The van der Waals surface area contributed by atoms with Crippen molar-refractivity contribution >= 4 is 59.0 Å². The molecule has 16 heteroatoms. The number of benzene rings is 4. The van der Waals surface area contributed by atoms with Crippen molar-refractivity contribution in [2.45, 2.75) is 52.1 Å². The Bertz CT molecular complexity index is 3250. The Morgan fingerprint density at radius 3 is 1.50 bits per heavy atom. The molecule has 2 aromatic heterocycles. The van der Waals surface area contributed by atoms with Crippen molar-refractivity contribution in [2.75, 3.05) is 13.1 Å². The lowest BCUT2D eigenvalue weighted by molar-refractivity contribution is 0.0680. The minimum atomic E-state index is -1.35. The predicted molar refractivity (Wildman–Crippen MR) is 282 cm³/mol. The van der Waals surface area contributed by atoms with Gasteiger partial charge in [0.2, 0.25) is 0 Å². The number of carbonyl (C=O) groups excluding carboxylic acids is 4. The molecule has 0 saturated heterocycles. The van der Waals surface area contributed by atoms with Crippen molar-refractivity contribution in [3.05, 3.63) is 189 Å². The maximum atomic E-state index is 13.5. The highest BCUT2D eigenvalue weighted by Crippen LogP contribution is 2.34. The minimum absolute atomic E-state index is 0.00225. The van der Waals surface area contributed by atoms with E-state index in [0.29, 0.717) is 64.0 Å². The van der Waals surface area contributed by atoms with E-state index in [1.165, 1.54) is 30.3 Å². The topological polar surface area (TPSA) is 287 Å². The minimum Gasteiger partial charge on any atom is -0.476 e. The van der Waals surface area contributed by atoms with Crippen molar-refractivity contribution < 1.29 is 44.1 Å². The lowest BCUT2D eigenvalue weighted by atomic mass is 9.89. The number of nitrogens with one attached hydrogen (secondary N) is 4. The van der Waals surface area contributed by atoms with Gasteiger partial charge in [-0.2, -0.15) is 0 Å². The first kappa shape index (κ1) is 52.8. The first-order chi connectivity index (χ1) is 35.5. The number of Topliss-reactive ketones (excluding diaryl/α,β-unsaturated/α-hetero) is 2. The van der Waals surface area contributed by atoms with Crippen LogP contribution in [-0.2, 0) is 19.4 Å². The van der Waals surface area contributed by atoms with E-state index in [1.807, 2.05) is 12.1 Å². The Hall–Kier alpha value is -9.02. The Kier molecular flexibility index (Phi) is 16.7. The molecule has 0 atom stereocenters. The molecule has 0 radical (unpaired) electrons. The standard InChI is InChI=1S/C29H28N4O5.C29H27N3O4/c1-2-18-12-23(25(35)11-16-5-7-19(8-6-16)27(30)31)22(13-20(18)15-34)21-9-10-24(33-26(21)29(37)38)28(36)32-14-17-3-4-17;1-3-18-8-11-22(24(14-18)26(33)15-19-6-9-21(10-7-19)17(2)30)23-12-13-25(32-27(23)29(35)36)28(34)31-16-20-4-5-20/h2,5-10,12-13,17,34H,1,3-4,11,14-15H2,(H3,30,31)(H,32,36)(H,37,38);3,6-14,20,30H,1,4-5,15-16H2,2H3,(H,31,34)(H,35,36). The summed E-state index contributed by atoms with van der Waals surface area (Å²) in [6, 6.07) is 28.1. The summed E-state index contributed by atoms with van der Waals surface area (Å²) in [7, 11) is 0. The Morgan fingerprint density at radius 1 is 0.622 bits per heavy atom. The second kappa shape index (κ2) is 23.5. The molecule has 8 rings (SSSR count). The molecule has 2 amide bonds. The molecule has 2 saturated carbocycles. The number of hydrogen-bond acceptors (Lipinski definition) is 11. The van der Waals surface area contributed by atoms with Gasteiger partial charge in [-0.05, 0) is 131 Å². The number of aromatic carboxylic acids is 2. The zero-order valence-corrected chi connectivity index (χ0v) is 40.7. The number of carbonyl (C=O) groups is 6. The number of carboxylic acids is 2. The number of aliphatic hydroxyl groups is 1. The lowest BCUT2D eigenvalue weighted by Gasteiger charge is -2.16. The van der Waals surface area contributed by atoms with Crippen LogP contribution in [0.5, 0.6) is 0 Å². The van der Waals surface area contributed by atoms with Gasteiger partial charge >= 0.3 is 11.9 Å². The van der Waals surface area contributed by atoms with E-state index in [-0.39, 0.29) is 81.9 Å². The number of ketones is 2. The second-order valence-corrected chi connectivity index (χ2v) is 18.2. The highest BCUT2D eigenvalue weighted by atomic mass is 16.4. The first-order valence-corrected chi connectivity index (χ1v) is 23.8. The number of amides is 2. The number of pyridine rings is 2. The third-order valence-corrected chi connectivity index (χ3v) is 12.7. The SMILES string of the molecule is C=Cc1cc(C(=O)Cc2ccc(C(=N)N)cc2)c(-c2ccc(C(=O)NCC3CC3)nc2C(=O)O)cc1CO.C=Cc1ccc(-c2ccc(C(=O)NCC3CC3)nc2C(=O)O)c(C(=O)Cc2ccc(C(C)=N)cc2)c1. The van der Waals surface area contributed by atoms with Crippen LogP contribution < -0.4 is 16.4 Å². The third kappa shape index (κ3) is 13.1. The van der Waals surface area contributed by atoms with Crippen LogP contribution in [0.3, 0.4) is 0 Å². The summed E-state index contributed by atoms with van der Waals surface area (Å²) >= 11 is 0. The van der Waals surface area contributed by atoms with Gasteiger partial charge in [-0.25, -0.2) is 19.6 Å². The van der Waals surface area contributed by atoms with Crippen LogP contribution in [0.1, 0.15) is 134 Å². The van der Waals surface area contributed by atoms with Gasteiger partial charge in [0.05, 0.1) is 6.61 Å². The number of aliphatic hydroxyl groups excluding tert-OH is 1. The maximum Gasteiger partial charge on any atom is 0.355 e. The van der Waals surface area contributed by atoms with Crippen LogP contribution in [-0.4, -0.2) is 85.2 Å². The summed E-state index contributed by atoms with van der Waals surface area (Å²) in [5.74, 6) is -3.18. The van der Waals surface area contributed by atoms with Crippen molar-refractivity contribution in [2.24, 2.45) is 17.6 Å². The van der Waals surface area contributed by atoms with Gasteiger partial charge < -0.3 is 37.1 Å². The van der Waals surface area contributed by atoms with Gasteiger partial charge in [0.15, 0.2) is 23.0 Å². The van der Waals surface area contributed by atoms with Crippen LogP contribution in [0.15, 0.2) is 116 Å². The number of rotatable bonds is 21. The third-order valence-electron chi connectivity index (χ3n) is 12.7. The molecule has 2 aliphatic rings. The fourth-order valence-electron chi connectivity index (χ4n) is 8.06. The molecular formula is C58H55N7O9. The van der Waals surface area contributed by atoms with E-state index in [0.717, 1.165) is 42.4 Å². The number of carboxylic acid groups (broad SMARTS) is 2. The fourth-order valence-corrected chi connectivity index (χ4v) is 8.06. The Morgan fingerprint density at radius 2 is 1.08 bits per heavy atom. The number of nitrogens with two attached hydrogens (primary N) is 1. The number of amidine groups is 1. The smallest absolute Gasteiger partial charge is 0.355 e. The largest absolute Gasteiger partial charge is 0.476 e. The molecule has 16 nitrogen and oxygen atoms in total. The first-order valence-electron chi connectivity index (χ1n) is 23.8. The highest BCUT2D eigenvalue weighted by molar-refractivity contribution is 6.08. The highest BCUT2D eigenvalue weighted by Gasteiger charge is 2.27. The zero-order valence-electron chi connectivity index (χ0n) is 40.7. The molecule has 0 aliphatic heterocycles. The van der Waals surface area contributed by atoms with Gasteiger partial charge in [0, 0.05) is 59.5 Å². The summed E-state index contributed by atoms with van der Waals surface area (Å²) in [4.78, 5) is 84.5. The van der Waals surface area contributed by atoms with E-state index < -0.39 is 23.8 Å².